The number of anilines is 1. The molecule has 0 aliphatic carbocycles. The lowest BCUT2D eigenvalue weighted by Crippen LogP contribution is -2.35. The summed E-state index contributed by atoms with van der Waals surface area (Å²) in [5, 5.41) is 3.74. The monoisotopic (exact) mass is 411 g/mol. The molecule has 2 aliphatic rings. The first kappa shape index (κ1) is 19.4. The lowest BCUT2D eigenvalue weighted by Gasteiger charge is -2.28. The van der Waals surface area contributed by atoms with Gasteiger partial charge in [-0.1, -0.05) is 24.2 Å². The Hall–Kier alpha value is -2.93. The normalized spacial score (nSPS) is 18.3. The number of likely N-dealkylation sites (tertiary alicyclic amines) is 1. The van der Waals surface area contributed by atoms with E-state index in [2.05, 4.69) is 21.9 Å². The lowest BCUT2D eigenvalue weighted by atomic mass is 9.97. The summed E-state index contributed by atoms with van der Waals surface area (Å²) < 4.78 is 0. The number of hydrogen-bond donors (Lipinski definition) is 1. The molecule has 1 atom stereocenters. The van der Waals surface area contributed by atoms with Gasteiger partial charge in [-0.05, 0) is 42.2 Å². The van der Waals surface area contributed by atoms with Crippen molar-refractivity contribution in [3.8, 4) is 0 Å². The van der Waals surface area contributed by atoms with Gasteiger partial charge in [0, 0.05) is 37.8 Å². The Balaban J connectivity index is 1.42. The fourth-order valence-corrected chi connectivity index (χ4v) is 3.92. The topological polar surface area (TPSA) is 78.4 Å². The van der Waals surface area contributed by atoms with Gasteiger partial charge >= 0.3 is 0 Å². The van der Waals surface area contributed by atoms with Crippen molar-refractivity contribution < 1.29 is 9.59 Å². The average molecular weight is 412 g/mol. The maximum atomic E-state index is 13.0. The molecular weight excluding hydrogens is 390 g/mol. The second-order valence-electron chi connectivity index (χ2n) is 7.30. The summed E-state index contributed by atoms with van der Waals surface area (Å²) in [5.74, 6) is 0.431. The van der Waals surface area contributed by atoms with Crippen LogP contribution in [0.4, 0.5) is 5.95 Å². The number of benzene rings is 1. The highest BCUT2D eigenvalue weighted by Gasteiger charge is 2.28. The van der Waals surface area contributed by atoms with Crippen LogP contribution in [0.3, 0.4) is 0 Å². The molecule has 1 saturated heterocycles. The third-order valence-electron chi connectivity index (χ3n) is 5.38. The van der Waals surface area contributed by atoms with Crippen molar-refractivity contribution in [2.24, 2.45) is 0 Å². The molecule has 29 heavy (non-hydrogen) atoms. The molecule has 2 amide bonds. The Morgan fingerprint density at radius 2 is 1.97 bits per heavy atom. The van der Waals surface area contributed by atoms with E-state index in [9.17, 15) is 9.59 Å². The first-order valence-corrected chi connectivity index (χ1v) is 9.98. The van der Waals surface area contributed by atoms with Gasteiger partial charge in [-0.2, -0.15) is 0 Å². The summed E-state index contributed by atoms with van der Waals surface area (Å²) in [6.07, 6.45) is 6.04. The van der Waals surface area contributed by atoms with Crippen molar-refractivity contribution >= 4 is 29.4 Å². The van der Waals surface area contributed by atoms with Crippen molar-refractivity contribution in [1.29, 1.82) is 0 Å². The molecule has 1 fully saturated rings. The molecule has 2 aliphatic heterocycles. The highest BCUT2D eigenvalue weighted by molar-refractivity contribution is 6.30. The second-order valence-corrected chi connectivity index (χ2v) is 7.74. The molecule has 1 N–H and O–H groups in total. The zero-order valence-corrected chi connectivity index (χ0v) is 16.7. The Labute approximate surface area is 174 Å². The molecular formula is C21H22ClN5O2. The Morgan fingerprint density at radius 1 is 1.17 bits per heavy atom. The number of fused-ring (bicyclic) bond motifs is 1. The largest absolute Gasteiger partial charge is 0.350 e. The zero-order valence-electron chi connectivity index (χ0n) is 16.0. The van der Waals surface area contributed by atoms with Crippen LogP contribution in [-0.4, -0.2) is 57.3 Å². The predicted molar refractivity (Wildman–Crippen MR) is 111 cm³/mol. The highest BCUT2D eigenvalue weighted by Crippen LogP contribution is 2.23. The molecule has 0 radical (unpaired) electrons. The smallest absolute Gasteiger partial charge is 0.253 e. The zero-order chi connectivity index (χ0) is 20.4. The average Bonchev–Trinajstić information content (AvgIpc) is 3.22. The number of halogens is 1. The SMILES string of the molecule is C=CC(=O)N1CCc2ccc(C(=O)N3CC[C@@H](Nc4ncc(Cl)cn4)C3)cc2C1. The molecule has 3 heterocycles. The summed E-state index contributed by atoms with van der Waals surface area (Å²) in [7, 11) is 0. The molecule has 150 valence electrons. The predicted octanol–water partition coefficient (Wildman–Crippen LogP) is 2.53. The van der Waals surface area contributed by atoms with Gasteiger partial charge in [-0.15, -0.1) is 0 Å². The number of carbonyl (C=O) groups is 2. The number of aromatic nitrogens is 2. The van der Waals surface area contributed by atoms with Crippen molar-refractivity contribution in [1.82, 2.24) is 19.8 Å². The van der Waals surface area contributed by atoms with E-state index in [1.54, 1.807) is 17.3 Å². The number of amides is 2. The molecule has 8 heteroatoms. The fourth-order valence-electron chi connectivity index (χ4n) is 3.82. The van der Waals surface area contributed by atoms with Crippen LogP contribution < -0.4 is 5.32 Å². The summed E-state index contributed by atoms with van der Waals surface area (Å²) in [4.78, 5) is 36.8. The minimum Gasteiger partial charge on any atom is -0.350 e. The van der Waals surface area contributed by atoms with Crippen LogP contribution in [0, 0.1) is 0 Å². The van der Waals surface area contributed by atoms with E-state index in [4.69, 9.17) is 11.6 Å². The molecule has 2 aromatic rings. The van der Waals surface area contributed by atoms with Crippen molar-refractivity contribution in [2.45, 2.75) is 25.4 Å². The minimum atomic E-state index is -0.0785. The Kier molecular flexibility index (Phi) is 5.49. The van der Waals surface area contributed by atoms with Crippen molar-refractivity contribution in [3.63, 3.8) is 0 Å². The number of nitrogens with one attached hydrogen (secondary N) is 1. The standard InChI is InChI=1S/C21H22ClN5O2/c1-2-19(28)26-7-5-14-3-4-15(9-16(14)12-26)20(29)27-8-6-18(13-27)25-21-23-10-17(22)11-24-21/h2-4,9-11,18H,1,5-8,12-13H2,(H,23,24,25)/t18-/m1/s1. The summed E-state index contributed by atoms with van der Waals surface area (Å²) in [5.41, 5.74) is 2.87. The van der Waals surface area contributed by atoms with Gasteiger partial charge < -0.3 is 15.1 Å². The molecule has 0 bridgehead atoms. The summed E-state index contributed by atoms with van der Waals surface area (Å²) in [6, 6.07) is 5.91. The van der Waals surface area contributed by atoms with Crippen LogP contribution >= 0.6 is 11.6 Å². The van der Waals surface area contributed by atoms with E-state index in [1.165, 1.54) is 11.6 Å². The molecule has 7 nitrogen and oxygen atoms in total. The van der Waals surface area contributed by atoms with Gasteiger partial charge in [-0.25, -0.2) is 9.97 Å². The number of hydrogen-bond acceptors (Lipinski definition) is 5. The van der Waals surface area contributed by atoms with Crippen LogP contribution in [-0.2, 0) is 17.8 Å². The Bertz CT molecular complexity index is 947. The van der Waals surface area contributed by atoms with E-state index in [0.29, 0.717) is 42.7 Å². The van der Waals surface area contributed by atoms with E-state index >= 15 is 0 Å². The van der Waals surface area contributed by atoms with E-state index in [1.807, 2.05) is 23.1 Å². The van der Waals surface area contributed by atoms with Gasteiger partial charge in [0.25, 0.3) is 5.91 Å². The van der Waals surface area contributed by atoms with Gasteiger partial charge in [0.05, 0.1) is 17.4 Å². The van der Waals surface area contributed by atoms with Crippen LogP contribution in [0.25, 0.3) is 0 Å². The number of rotatable bonds is 4. The first-order valence-electron chi connectivity index (χ1n) is 9.60. The van der Waals surface area contributed by atoms with Crippen LogP contribution in [0.5, 0.6) is 0 Å². The second kappa shape index (κ2) is 8.21. The van der Waals surface area contributed by atoms with Crippen LogP contribution in [0.1, 0.15) is 27.9 Å². The lowest BCUT2D eigenvalue weighted by molar-refractivity contribution is -0.126. The Morgan fingerprint density at radius 3 is 2.72 bits per heavy atom. The maximum Gasteiger partial charge on any atom is 0.253 e. The van der Waals surface area contributed by atoms with E-state index in [-0.39, 0.29) is 17.9 Å². The van der Waals surface area contributed by atoms with Gasteiger partial charge in [0.15, 0.2) is 0 Å². The van der Waals surface area contributed by atoms with E-state index in [0.717, 1.165) is 18.4 Å². The summed E-state index contributed by atoms with van der Waals surface area (Å²) in [6.45, 7) is 6.00. The molecule has 0 saturated carbocycles. The minimum absolute atomic E-state index is 0.00120. The van der Waals surface area contributed by atoms with E-state index < -0.39 is 0 Å². The van der Waals surface area contributed by atoms with Crippen LogP contribution in [0.2, 0.25) is 5.02 Å². The first-order chi connectivity index (χ1) is 14.0. The molecule has 4 rings (SSSR count). The summed E-state index contributed by atoms with van der Waals surface area (Å²) >= 11 is 5.81. The maximum absolute atomic E-state index is 13.0. The van der Waals surface area contributed by atoms with Crippen molar-refractivity contribution in [3.05, 3.63) is 65.0 Å². The number of nitrogens with zero attached hydrogens (tertiary/aromatic N) is 4. The van der Waals surface area contributed by atoms with Gasteiger partial charge in [0.2, 0.25) is 11.9 Å². The third kappa shape index (κ3) is 4.24. The molecule has 1 aromatic heterocycles. The molecule has 0 unspecified atom stereocenters. The highest BCUT2D eigenvalue weighted by atomic mass is 35.5. The van der Waals surface area contributed by atoms with Crippen molar-refractivity contribution in [2.75, 3.05) is 25.0 Å². The van der Waals surface area contributed by atoms with Gasteiger partial charge in [-0.3, -0.25) is 9.59 Å². The quantitative estimate of drug-likeness (QED) is 0.782. The van der Waals surface area contributed by atoms with Crippen LogP contribution in [0.15, 0.2) is 43.2 Å². The third-order valence-corrected chi connectivity index (χ3v) is 5.58. The number of carbonyl (C=O) groups excluding carboxylic acids is 2. The van der Waals surface area contributed by atoms with Gasteiger partial charge in [0.1, 0.15) is 0 Å². The fraction of sp³-hybridized carbons (Fsp3) is 0.333. The molecule has 0 spiro atoms. The molecule has 1 aromatic carbocycles.